The molecule has 4 rings (SSSR count). The van der Waals surface area contributed by atoms with Gasteiger partial charge in [0.25, 0.3) is 5.91 Å². The van der Waals surface area contributed by atoms with Gasteiger partial charge in [-0.05, 0) is 43.0 Å². The number of piperidine rings is 1. The van der Waals surface area contributed by atoms with Crippen molar-refractivity contribution in [1.29, 1.82) is 0 Å². The number of hydrogen-bond donors (Lipinski definition) is 0. The average Bonchev–Trinajstić information content (AvgIpc) is 3.46. The highest BCUT2D eigenvalue weighted by Crippen LogP contribution is 2.33. The number of aromatic nitrogens is 2. The molecule has 0 radical (unpaired) electrons. The molecule has 1 amide bonds. The lowest BCUT2D eigenvalue weighted by Crippen LogP contribution is -2.37. The molecule has 1 aliphatic carbocycles. The summed E-state index contributed by atoms with van der Waals surface area (Å²) in [7, 11) is -0.503. The number of benzene rings is 1. The Hall–Kier alpha value is -1.84. The van der Waals surface area contributed by atoms with Crippen LogP contribution >= 0.6 is 11.3 Å². The molecule has 1 saturated heterocycles. The van der Waals surface area contributed by atoms with E-state index in [0.717, 1.165) is 35.2 Å². The van der Waals surface area contributed by atoms with Crippen molar-refractivity contribution < 1.29 is 13.2 Å². The zero-order valence-electron chi connectivity index (χ0n) is 18.2. The summed E-state index contributed by atoms with van der Waals surface area (Å²) in [5, 5.41) is 11.2. The first-order valence-electron chi connectivity index (χ1n) is 11.0. The molecule has 0 bridgehead atoms. The van der Waals surface area contributed by atoms with Crippen LogP contribution < -0.4 is 0 Å². The number of carbonyl (C=O) groups is 1. The molecule has 7 nitrogen and oxygen atoms in total. The standard InChI is InChI=1S/C22H30N4O3S2/c1-25(2)31(28,29)19-9-7-18(8-10-19)22(27)26-13-11-17(12-14-26)21-24-23-20(30-21)15-16-5-3-4-6-16/h7-10,16-17H,3-6,11-15H2,1-2H3. The summed E-state index contributed by atoms with van der Waals surface area (Å²) in [6.07, 6.45) is 8.16. The molecule has 2 aliphatic rings. The number of sulfonamides is 1. The summed E-state index contributed by atoms with van der Waals surface area (Å²) >= 11 is 1.75. The number of carbonyl (C=O) groups excluding carboxylic acids is 1. The van der Waals surface area contributed by atoms with E-state index < -0.39 is 10.0 Å². The Morgan fingerprint density at radius 1 is 1.06 bits per heavy atom. The minimum atomic E-state index is -3.49. The van der Waals surface area contributed by atoms with Crippen LogP contribution in [0.3, 0.4) is 0 Å². The van der Waals surface area contributed by atoms with E-state index >= 15 is 0 Å². The molecule has 2 aromatic rings. The first-order chi connectivity index (χ1) is 14.8. The fourth-order valence-corrected chi connectivity index (χ4v) is 6.50. The molecule has 2 heterocycles. The summed E-state index contributed by atoms with van der Waals surface area (Å²) in [6.45, 7) is 1.36. The van der Waals surface area contributed by atoms with Gasteiger partial charge in [0, 0.05) is 45.1 Å². The van der Waals surface area contributed by atoms with E-state index in [4.69, 9.17) is 0 Å². The summed E-state index contributed by atoms with van der Waals surface area (Å²) in [5.41, 5.74) is 0.519. The van der Waals surface area contributed by atoms with Gasteiger partial charge in [0.15, 0.2) is 0 Å². The fourth-order valence-electron chi connectivity index (χ4n) is 4.47. The third-order valence-electron chi connectivity index (χ3n) is 6.43. The van der Waals surface area contributed by atoms with Crippen molar-refractivity contribution >= 4 is 27.3 Å². The molecular formula is C22H30N4O3S2. The van der Waals surface area contributed by atoms with Gasteiger partial charge in [-0.3, -0.25) is 4.79 Å². The fraction of sp³-hybridized carbons (Fsp3) is 0.591. The van der Waals surface area contributed by atoms with Crippen LogP contribution in [0.5, 0.6) is 0 Å². The first-order valence-corrected chi connectivity index (χ1v) is 13.2. The molecule has 0 atom stereocenters. The van der Waals surface area contributed by atoms with Crippen molar-refractivity contribution in [3.63, 3.8) is 0 Å². The Labute approximate surface area is 188 Å². The number of amides is 1. The van der Waals surface area contributed by atoms with Crippen LogP contribution in [0.2, 0.25) is 0 Å². The van der Waals surface area contributed by atoms with Crippen LogP contribution in [0.4, 0.5) is 0 Å². The van der Waals surface area contributed by atoms with Crippen molar-refractivity contribution in [2.75, 3.05) is 27.2 Å². The third kappa shape index (κ3) is 4.99. The van der Waals surface area contributed by atoms with Gasteiger partial charge in [0.1, 0.15) is 10.0 Å². The molecule has 2 fully saturated rings. The minimum Gasteiger partial charge on any atom is -0.339 e. The SMILES string of the molecule is CN(C)S(=O)(=O)c1ccc(C(=O)N2CCC(c3nnc(CC4CCCC4)s3)CC2)cc1. The number of rotatable bonds is 6. The highest BCUT2D eigenvalue weighted by molar-refractivity contribution is 7.89. The van der Waals surface area contributed by atoms with Crippen LogP contribution in [0, 0.1) is 5.92 Å². The van der Waals surface area contributed by atoms with E-state index in [2.05, 4.69) is 10.2 Å². The smallest absolute Gasteiger partial charge is 0.253 e. The maximum absolute atomic E-state index is 12.9. The van der Waals surface area contributed by atoms with Crippen LogP contribution in [-0.4, -0.2) is 60.9 Å². The Balaban J connectivity index is 1.33. The molecule has 0 spiro atoms. The van der Waals surface area contributed by atoms with E-state index in [1.807, 2.05) is 4.90 Å². The van der Waals surface area contributed by atoms with Gasteiger partial charge in [-0.1, -0.05) is 25.7 Å². The van der Waals surface area contributed by atoms with Gasteiger partial charge in [0.2, 0.25) is 10.0 Å². The van der Waals surface area contributed by atoms with Gasteiger partial charge in [-0.15, -0.1) is 21.5 Å². The van der Waals surface area contributed by atoms with E-state index in [1.165, 1.54) is 56.2 Å². The normalized spacial score (nSPS) is 18.7. The van der Waals surface area contributed by atoms with E-state index in [9.17, 15) is 13.2 Å². The predicted molar refractivity (Wildman–Crippen MR) is 121 cm³/mol. The molecule has 168 valence electrons. The van der Waals surface area contributed by atoms with Crippen LogP contribution in [0.25, 0.3) is 0 Å². The highest BCUT2D eigenvalue weighted by atomic mass is 32.2. The lowest BCUT2D eigenvalue weighted by molar-refractivity contribution is 0.0712. The van der Waals surface area contributed by atoms with Crippen LogP contribution in [0.1, 0.15) is 64.8 Å². The predicted octanol–water partition coefficient (Wildman–Crippen LogP) is 3.54. The zero-order chi connectivity index (χ0) is 22.0. The summed E-state index contributed by atoms with van der Waals surface area (Å²) in [4.78, 5) is 14.9. The maximum atomic E-state index is 12.9. The van der Waals surface area contributed by atoms with Crippen molar-refractivity contribution in [2.24, 2.45) is 5.92 Å². The van der Waals surface area contributed by atoms with E-state index in [0.29, 0.717) is 24.6 Å². The molecule has 0 unspecified atom stereocenters. The summed E-state index contributed by atoms with van der Waals surface area (Å²) in [5.74, 6) is 1.09. The minimum absolute atomic E-state index is 0.0496. The number of nitrogens with zero attached hydrogens (tertiary/aromatic N) is 4. The molecular weight excluding hydrogens is 432 g/mol. The average molecular weight is 463 g/mol. The van der Waals surface area contributed by atoms with Gasteiger partial charge < -0.3 is 4.90 Å². The summed E-state index contributed by atoms with van der Waals surface area (Å²) < 4.78 is 25.6. The van der Waals surface area contributed by atoms with Crippen molar-refractivity contribution in [2.45, 2.75) is 55.8 Å². The molecule has 9 heteroatoms. The maximum Gasteiger partial charge on any atom is 0.253 e. The molecule has 31 heavy (non-hydrogen) atoms. The Morgan fingerprint density at radius 3 is 2.32 bits per heavy atom. The second kappa shape index (κ2) is 9.34. The van der Waals surface area contributed by atoms with Gasteiger partial charge in [-0.25, -0.2) is 12.7 Å². The lowest BCUT2D eigenvalue weighted by Gasteiger charge is -2.31. The Kier molecular flexibility index (Phi) is 6.74. The topological polar surface area (TPSA) is 83.5 Å². The first kappa shape index (κ1) is 22.4. The molecule has 1 aromatic heterocycles. The van der Waals surface area contributed by atoms with Crippen molar-refractivity contribution in [3.05, 3.63) is 39.8 Å². The molecule has 1 aliphatic heterocycles. The van der Waals surface area contributed by atoms with Crippen molar-refractivity contribution in [3.8, 4) is 0 Å². The quantitative estimate of drug-likeness (QED) is 0.656. The van der Waals surface area contributed by atoms with Crippen LogP contribution in [0.15, 0.2) is 29.2 Å². The van der Waals surface area contributed by atoms with Gasteiger partial charge in [0.05, 0.1) is 4.90 Å². The van der Waals surface area contributed by atoms with Gasteiger partial charge >= 0.3 is 0 Å². The number of hydrogen-bond acceptors (Lipinski definition) is 6. The largest absolute Gasteiger partial charge is 0.339 e. The van der Waals surface area contributed by atoms with Crippen molar-refractivity contribution in [1.82, 2.24) is 19.4 Å². The van der Waals surface area contributed by atoms with E-state index in [1.54, 1.807) is 23.5 Å². The summed E-state index contributed by atoms with van der Waals surface area (Å²) in [6, 6.07) is 6.21. The molecule has 1 aromatic carbocycles. The third-order valence-corrected chi connectivity index (χ3v) is 9.37. The highest BCUT2D eigenvalue weighted by Gasteiger charge is 2.28. The number of likely N-dealkylation sites (tertiary alicyclic amines) is 1. The van der Waals surface area contributed by atoms with Crippen LogP contribution in [-0.2, 0) is 16.4 Å². The molecule has 0 N–H and O–H groups in total. The molecule has 1 saturated carbocycles. The zero-order valence-corrected chi connectivity index (χ0v) is 19.8. The second-order valence-electron chi connectivity index (χ2n) is 8.77. The monoisotopic (exact) mass is 462 g/mol. The lowest BCUT2D eigenvalue weighted by atomic mass is 9.97. The van der Waals surface area contributed by atoms with E-state index in [-0.39, 0.29) is 10.8 Å². The Morgan fingerprint density at radius 2 is 1.71 bits per heavy atom. The Bertz CT molecular complexity index is 1000. The van der Waals surface area contributed by atoms with Gasteiger partial charge in [-0.2, -0.15) is 0 Å². The second-order valence-corrected chi connectivity index (χ2v) is 12.0.